The minimum Gasteiger partial charge on any atom is -0.393 e. The van der Waals surface area contributed by atoms with Crippen molar-refractivity contribution in [2.75, 3.05) is 13.1 Å². The normalized spacial score (nSPS) is 15.7. The molecule has 0 bridgehead atoms. The van der Waals surface area contributed by atoms with Gasteiger partial charge in [-0.25, -0.2) is 4.98 Å². The number of aliphatic hydroxyl groups excluding tert-OH is 1. The molecule has 1 fully saturated rings. The number of piperidine rings is 1. The molecule has 1 aromatic carbocycles. The third-order valence-electron chi connectivity index (χ3n) is 4.11. The topological polar surface area (TPSA) is 86.3 Å². The number of H-pyrrole nitrogens is 1. The van der Waals surface area contributed by atoms with Crippen LogP contribution in [0.3, 0.4) is 0 Å². The van der Waals surface area contributed by atoms with Gasteiger partial charge in [0.05, 0.1) is 6.10 Å². The van der Waals surface area contributed by atoms with Gasteiger partial charge in [0, 0.05) is 24.8 Å². The number of carbonyl (C=O) groups is 1. The summed E-state index contributed by atoms with van der Waals surface area (Å²) in [6, 6.07) is 7.63. The van der Waals surface area contributed by atoms with E-state index in [1.807, 2.05) is 31.2 Å². The zero-order valence-electron chi connectivity index (χ0n) is 13.0. The number of hydrogen-bond donors (Lipinski definition) is 2. The summed E-state index contributed by atoms with van der Waals surface area (Å²) in [4.78, 5) is 33.1. The zero-order valence-corrected chi connectivity index (χ0v) is 13.0. The molecule has 6 heteroatoms. The van der Waals surface area contributed by atoms with Crippen molar-refractivity contribution < 1.29 is 9.90 Å². The minimum atomic E-state index is -0.438. The van der Waals surface area contributed by atoms with Crippen LogP contribution in [-0.2, 0) is 0 Å². The van der Waals surface area contributed by atoms with Gasteiger partial charge in [-0.3, -0.25) is 9.59 Å². The van der Waals surface area contributed by atoms with Gasteiger partial charge < -0.3 is 15.0 Å². The van der Waals surface area contributed by atoms with Crippen molar-refractivity contribution in [2.45, 2.75) is 25.9 Å². The first-order chi connectivity index (χ1) is 11.0. The molecule has 6 nitrogen and oxygen atoms in total. The van der Waals surface area contributed by atoms with Gasteiger partial charge >= 0.3 is 0 Å². The Hall–Kier alpha value is -2.47. The highest BCUT2D eigenvalue weighted by Gasteiger charge is 2.24. The standard InChI is InChI=1S/C17H19N3O3/c1-11-2-4-12(5-3-11)15-18-10-14(16(22)19-15)17(23)20-8-6-13(21)7-9-20/h2-5,10,13,21H,6-9H2,1H3,(H,18,19,22). The van der Waals surface area contributed by atoms with Crippen LogP contribution in [0, 0.1) is 6.92 Å². The Bertz CT molecular complexity index is 759. The Morgan fingerprint density at radius 1 is 1.26 bits per heavy atom. The summed E-state index contributed by atoms with van der Waals surface area (Å²) in [5, 5.41) is 9.50. The molecule has 2 aromatic rings. The quantitative estimate of drug-likeness (QED) is 0.876. The van der Waals surface area contributed by atoms with E-state index in [1.165, 1.54) is 6.20 Å². The zero-order chi connectivity index (χ0) is 16.4. The molecule has 0 radical (unpaired) electrons. The molecule has 1 saturated heterocycles. The number of rotatable bonds is 2. The summed E-state index contributed by atoms with van der Waals surface area (Å²) in [7, 11) is 0. The maximum atomic E-state index is 12.4. The monoisotopic (exact) mass is 313 g/mol. The molecule has 23 heavy (non-hydrogen) atoms. The van der Waals surface area contributed by atoms with Crippen LogP contribution in [0.4, 0.5) is 0 Å². The van der Waals surface area contributed by atoms with Gasteiger partial charge in [-0.2, -0.15) is 0 Å². The lowest BCUT2D eigenvalue weighted by Gasteiger charge is -2.29. The van der Waals surface area contributed by atoms with Crippen LogP contribution in [-0.4, -0.2) is 45.1 Å². The van der Waals surface area contributed by atoms with E-state index >= 15 is 0 Å². The lowest BCUT2D eigenvalue weighted by molar-refractivity contribution is 0.0544. The number of aromatic nitrogens is 2. The second kappa shape index (κ2) is 6.34. The predicted molar refractivity (Wildman–Crippen MR) is 86.2 cm³/mol. The van der Waals surface area contributed by atoms with E-state index in [0.29, 0.717) is 31.8 Å². The number of likely N-dealkylation sites (tertiary alicyclic amines) is 1. The van der Waals surface area contributed by atoms with Gasteiger partial charge in [0.2, 0.25) is 0 Å². The third-order valence-corrected chi connectivity index (χ3v) is 4.11. The molecule has 1 aromatic heterocycles. The molecule has 0 atom stereocenters. The van der Waals surface area contributed by atoms with Crippen molar-refractivity contribution in [2.24, 2.45) is 0 Å². The maximum Gasteiger partial charge on any atom is 0.264 e. The fourth-order valence-corrected chi connectivity index (χ4v) is 2.64. The fourth-order valence-electron chi connectivity index (χ4n) is 2.64. The Labute approximate surface area is 133 Å². The number of aryl methyl sites for hydroxylation is 1. The highest BCUT2D eigenvalue weighted by molar-refractivity contribution is 5.93. The predicted octanol–water partition coefficient (Wildman–Crippen LogP) is 1.34. The second-order valence-corrected chi connectivity index (χ2v) is 5.86. The second-order valence-electron chi connectivity index (χ2n) is 5.86. The smallest absolute Gasteiger partial charge is 0.264 e. The minimum absolute atomic E-state index is 0.0391. The Morgan fingerprint density at radius 2 is 1.91 bits per heavy atom. The molecule has 1 aliphatic heterocycles. The maximum absolute atomic E-state index is 12.4. The van der Waals surface area contributed by atoms with E-state index in [2.05, 4.69) is 9.97 Å². The molecule has 0 unspecified atom stereocenters. The van der Waals surface area contributed by atoms with Gasteiger partial charge in [0.25, 0.3) is 11.5 Å². The molecule has 1 amide bonds. The number of nitrogens with one attached hydrogen (secondary N) is 1. The SMILES string of the molecule is Cc1ccc(-c2ncc(C(=O)N3CCC(O)CC3)c(=O)[nH]2)cc1. The van der Waals surface area contributed by atoms with Crippen LogP contribution in [0.5, 0.6) is 0 Å². The Morgan fingerprint density at radius 3 is 2.52 bits per heavy atom. The van der Waals surface area contributed by atoms with Gasteiger partial charge in [-0.05, 0) is 19.8 Å². The largest absolute Gasteiger partial charge is 0.393 e. The third kappa shape index (κ3) is 3.32. The summed E-state index contributed by atoms with van der Waals surface area (Å²) in [6.07, 6.45) is 2.05. The van der Waals surface area contributed by atoms with E-state index in [-0.39, 0.29) is 17.6 Å². The summed E-state index contributed by atoms with van der Waals surface area (Å²) in [6.45, 7) is 2.90. The van der Waals surface area contributed by atoms with E-state index in [9.17, 15) is 14.7 Å². The van der Waals surface area contributed by atoms with Crippen molar-refractivity contribution in [3.05, 3.63) is 51.9 Å². The van der Waals surface area contributed by atoms with E-state index < -0.39 is 5.56 Å². The molecule has 2 heterocycles. The Balaban J connectivity index is 1.83. The first-order valence-electron chi connectivity index (χ1n) is 7.68. The molecular weight excluding hydrogens is 294 g/mol. The number of carbonyl (C=O) groups excluding carboxylic acids is 1. The van der Waals surface area contributed by atoms with E-state index in [0.717, 1.165) is 11.1 Å². The summed E-state index contributed by atoms with van der Waals surface area (Å²) in [5.74, 6) is 0.113. The molecule has 2 N–H and O–H groups in total. The number of aromatic amines is 1. The molecular formula is C17H19N3O3. The van der Waals surface area contributed by atoms with Crippen molar-refractivity contribution in [3.63, 3.8) is 0 Å². The Kier molecular flexibility index (Phi) is 4.25. The van der Waals surface area contributed by atoms with Crippen molar-refractivity contribution in [1.29, 1.82) is 0 Å². The van der Waals surface area contributed by atoms with Crippen LogP contribution in [0.2, 0.25) is 0 Å². The van der Waals surface area contributed by atoms with Crippen LogP contribution < -0.4 is 5.56 Å². The van der Waals surface area contributed by atoms with Crippen molar-refractivity contribution in [1.82, 2.24) is 14.9 Å². The summed E-state index contributed by atoms with van der Waals surface area (Å²) >= 11 is 0. The number of nitrogens with zero attached hydrogens (tertiary/aromatic N) is 2. The van der Waals surface area contributed by atoms with Crippen molar-refractivity contribution in [3.8, 4) is 11.4 Å². The number of benzene rings is 1. The van der Waals surface area contributed by atoms with Crippen LogP contribution >= 0.6 is 0 Å². The molecule has 120 valence electrons. The van der Waals surface area contributed by atoms with Gasteiger partial charge in [0.15, 0.2) is 0 Å². The van der Waals surface area contributed by atoms with E-state index in [4.69, 9.17) is 0 Å². The average molecular weight is 313 g/mol. The lowest BCUT2D eigenvalue weighted by Crippen LogP contribution is -2.42. The number of amides is 1. The molecule has 0 saturated carbocycles. The molecule has 3 rings (SSSR count). The van der Waals surface area contributed by atoms with Crippen LogP contribution in [0.15, 0.2) is 35.3 Å². The summed E-state index contributed by atoms with van der Waals surface area (Å²) < 4.78 is 0. The molecule has 0 spiro atoms. The number of aliphatic hydroxyl groups is 1. The first-order valence-corrected chi connectivity index (χ1v) is 7.68. The van der Waals surface area contributed by atoms with Gasteiger partial charge in [0.1, 0.15) is 11.4 Å². The van der Waals surface area contributed by atoms with Crippen molar-refractivity contribution >= 4 is 5.91 Å². The number of hydrogen-bond acceptors (Lipinski definition) is 4. The molecule has 1 aliphatic rings. The van der Waals surface area contributed by atoms with E-state index in [1.54, 1.807) is 4.90 Å². The van der Waals surface area contributed by atoms with Crippen LogP contribution in [0.25, 0.3) is 11.4 Å². The first kappa shape index (κ1) is 15.4. The highest BCUT2D eigenvalue weighted by atomic mass is 16.3. The van der Waals surface area contributed by atoms with Crippen LogP contribution in [0.1, 0.15) is 28.8 Å². The lowest BCUT2D eigenvalue weighted by atomic mass is 10.1. The fraction of sp³-hybridized carbons (Fsp3) is 0.353. The van der Waals surface area contributed by atoms with Gasteiger partial charge in [-0.1, -0.05) is 29.8 Å². The molecule has 0 aliphatic carbocycles. The highest BCUT2D eigenvalue weighted by Crippen LogP contribution is 2.15. The summed E-state index contributed by atoms with van der Waals surface area (Å²) in [5.41, 5.74) is 1.52. The average Bonchev–Trinajstić information content (AvgIpc) is 2.55. The van der Waals surface area contributed by atoms with Gasteiger partial charge in [-0.15, -0.1) is 0 Å².